The third-order valence-electron chi connectivity index (χ3n) is 3.76. The van der Waals surface area contributed by atoms with Crippen molar-refractivity contribution >= 4 is 0 Å². The van der Waals surface area contributed by atoms with Gasteiger partial charge in [0, 0.05) is 6.04 Å². The fourth-order valence-electron chi connectivity index (χ4n) is 2.83. The van der Waals surface area contributed by atoms with E-state index in [0.29, 0.717) is 5.41 Å². The number of unbranched alkanes of at least 4 members (excludes halogenated alkanes) is 7. The van der Waals surface area contributed by atoms with Gasteiger partial charge in [0.05, 0.1) is 0 Å². The maximum atomic E-state index is 3.66. The maximum Gasteiger partial charge on any atom is 0.00719 e. The van der Waals surface area contributed by atoms with E-state index in [9.17, 15) is 0 Å². The van der Waals surface area contributed by atoms with E-state index >= 15 is 0 Å². The van der Waals surface area contributed by atoms with Gasteiger partial charge in [0.15, 0.2) is 0 Å². The van der Waals surface area contributed by atoms with Crippen molar-refractivity contribution < 1.29 is 0 Å². The van der Waals surface area contributed by atoms with Crippen LogP contribution in [0.15, 0.2) is 0 Å². The van der Waals surface area contributed by atoms with Crippen LogP contribution in [0.3, 0.4) is 0 Å². The second-order valence-electron chi connectivity index (χ2n) is 7.28. The molecule has 1 unspecified atom stereocenters. The second kappa shape index (κ2) is 11.8. The fourth-order valence-corrected chi connectivity index (χ4v) is 2.83. The Hall–Kier alpha value is -0.0400. The average molecular weight is 270 g/mol. The van der Waals surface area contributed by atoms with Gasteiger partial charge in [-0.25, -0.2) is 0 Å². The molecule has 0 aliphatic carbocycles. The van der Waals surface area contributed by atoms with Crippen LogP contribution in [0, 0.1) is 5.41 Å². The number of hydrogen-bond donors (Lipinski definition) is 1. The van der Waals surface area contributed by atoms with Crippen LogP contribution >= 0.6 is 0 Å². The molecule has 0 amide bonds. The van der Waals surface area contributed by atoms with Crippen LogP contribution < -0.4 is 5.32 Å². The molecule has 19 heavy (non-hydrogen) atoms. The average Bonchev–Trinajstić information content (AvgIpc) is 2.31. The van der Waals surface area contributed by atoms with E-state index in [4.69, 9.17) is 0 Å². The minimum atomic E-state index is 0.451. The van der Waals surface area contributed by atoms with Gasteiger partial charge < -0.3 is 5.32 Å². The highest BCUT2D eigenvalue weighted by Gasteiger charge is 2.17. The topological polar surface area (TPSA) is 12.0 Å². The van der Waals surface area contributed by atoms with Crippen molar-refractivity contribution in [3.05, 3.63) is 0 Å². The molecule has 0 fully saturated rings. The summed E-state index contributed by atoms with van der Waals surface area (Å²) >= 11 is 0. The molecule has 0 aliphatic heterocycles. The van der Waals surface area contributed by atoms with Crippen molar-refractivity contribution in [2.24, 2.45) is 5.41 Å². The molecule has 0 aromatic heterocycles. The van der Waals surface area contributed by atoms with Crippen LogP contribution in [0.2, 0.25) is 0 Å². The lowest BCUT2D eigenvalue weighted by Crippen LogP contribution is -2.32. The zero-order valence-electron chi connectivity index (χ0n) is 14.4. The predicted octanol–water partition coefficient (Wildman–Crippen LogP) is 5.93. The zero-order chi connectivity index (χ0) is 14.6. The van der Waals surface area contributed by atoms with Gasteiger partial charge in [0.2, 0.25) is 0 Å². The van der Waals surface area contributed by atoms with Crippen LogP contribution in [0.25, 0.3) is 0 Å². The Morgan fingerprint density at radius 3 is 1.79 bits per heavy atom. The Balaban J connectivity index is 3.53. The highest BCUT2D eigenvalue weighted by Crippen LogP contribution is 2.23. The molecule has 0 aliphatic rings. The first-order valence-corrected chi connectivity index (χ1v) is 8.73. The molecule has 0 heterocycles. The molecule has 1 atom stereocenters. The molecule has 0 saturated carbocycles. The van der Waals surface area contributed by atoms with Crippen molar-refractivity contribution in [3.8, 4) is 0 Å². The monoisotopic (exact) mass is 269 g/mol. The molecule has 0 aromatic carbocycles. The van der Waals surface area contributed by atoms with Crippen molar-refractivity contribution in [2.45, 2.75) is 105 Å². The molecule has 0 saturated heterocycles. The van der Waals surface area contributed by atoms with Crippen LogP contribution in [0.4, 0.5) is 0 Å². The summed E-state index contributed by atoms with van der Waals surface area (Å²) in [4.78, 5) is 0. The van der Waals surface area contributed by atoms with E-state index in [1.165, 1.54) is 64.2 Å². The van der Waals surface area contributed by atoms with Gasteiger partial charge >= 0.3 is 0 Å². The number of rotatable bonds is 12. The summed E-state index contributed by atoms with van der Waals surface area (Å²) < 4.78 is 0. The van der Waals surface area contributed by atoms with Crippen molar-refractivity contribution in [1.82, 2.24) is 5.32 Å². The summed E-state index contributed by atoms with van der Waals surface area (Å²) in [6.07, 6.45) is 14.1. The van der Waals surface area contributed by atoms with E-state index in [0.717, 1.165) is 12.6 Å². The zero-order valence-corrected chi connectivity index (χ0v) is 14.4. The van der Waals surface area contributed by atoms with E-state index in [-0.39, 0.29) is 0 Å². The number of hydrogen-bond acceptors (Lipinski definition) is 1. The molecule has 0 radical (unpaired) electrons. The summed E-state index contributed by atoms with van der Waals surface area (Å²) in [7, 11) is 0. The van der Waals surface area contributed by atoms with Gasteiger partial charge in [-0.1, -0.05) is 86.0 Å². The van der Waals surface area contributed by atoms with Crippen LogP contribution in [-0.4, -0.2) is 12.6 Å². The summed E-state index contributed by atoms with van der Waals surface area (Å²) in [5.41, 5.74) is 0.451. The molecule has 0 bridgehead atoms. The second-order valence-corrected chi connectivity index (χ2v) is 7.28. The summed E-state index contributed by atoms with van der Waals surface area (Å²) in [6, 6.07) is 0.727. The van der Waals surface area contributed by atoms with Gasteiger partial charge in [0.25, 0.3) is 0 Å². The highest BCUT2D eigenvalue weighted by atomic mass is 14.9. The van der Waals surface area contributed by atoms with Crippen LogP contribution in [0.1, 0.15) is 98.8 Å². The molecule has 0 rings (SSSR count). The SMILES string of the molecule is CCCCCCCCCCC(CC(C)(C)C)NCC. The first kappa shape index (κ1) is 19.0. The van der Waals surface area contributed by atoms with Gasteiger partial charge in [0.1, 0.15) is 0 Å². The molecular formula is C18H39N. The van der Waals surface area contributed by atoms with Gasteiger partial charge in [-0.05, 0) is 24.8 Å². The molecule has 1 N–H and O–H groups in total. The molecular weight excluding hydrogens is 230 g/mol. The molecule has 116 valence electrons. The van der Waals surface area contributed by atoms with E-state index in [2.05, 4.69) is 39.9 Å². The minimum Gasteiger partial charge on any atom is -0.314 e. The Kier molecular flexibility index (Phi) is 11.7. The standard InChI is InChI=1S/C18H39N/c1-6-8-9-10-11-12-13-14-15-17(19-7-2)16-18(3,4)5/h17,19H,6-16H2,1-5H3. The maximum absolute atomic E-state index is 3.66. The third-order valence-corrected chi connectivity index (χ3v) is 3.76. The van der Waals surface area contributed by atoms with E-state index in [1.54, 1.807) is 0 Å². The first-order valence-electron chi connectivity index (χ1n) is 8.73. The predicted molar refractivity (Wildman–Crippen MR) is 88.8 cm³/mol. The fraction of sp³-hybridized carbons (Fsp3) is 1.00. The lowest BCUT2D eigenvalue weighted by molar-refractivity contribution is 0.296. The lowest BCUT2D eigenvalue weighted by atomic mass is 9.86. The minimum absolute atomic E-state index is 0.451. The molecule has 1 nitrogen and oxygen atoms in total. The van der Waals surface area contributed by atoms with Gasteiger partial charge in [-0.2, -0.15) is 0 Å². The van der Waals surface area contributed by atoms with Gasteiger partial charge in [-0.3, -0.25) is 0 Å². The van der Waals surface area contributed by atoms with Crippen LogP contribution in [-0.2, 0) is 0 Å². The Labute approximate surface area is 122 Å². The van der Waals surface area contributed by atoms with E-state index in [1.807, 2.05) is 0 Å². The molecule has 0 aromatic rings. The first-order chi connectivity index (χ1) is 8.99. The largest absolute Gasteiger partial charge is 0.314 e. The summed E-state index contributed by atoms with van der Waals surface area (Å²) in [6.45, 7) is 12.7. The molecule has 1 heteroatoms. The smallest absolute Gasteiger partial charge is 0.00719 e. The molecule has 0 spiro atoms. The highest BCUT2D eigenvalue weighted by molar-refractivity contribution is 4.74. The third kappa shape index (κ3) is 14.2. The van der Waals surface area contributed by atoms with Crippen molar-refractivity contribution in [1.29, 1.82) is 0 Å². The van der Waals surface area contributed by atoms with Crippen molar-refractivity contribution in [3.63, 3.8) is 0 Å². The normalized spacial score (nSPS) is 13.7. The quantitative estimate of drug-likeness (QED) is 0.433. The van der Waals surface area contributed by atoms with E-state index < -0.39 is 0 Å². The Morgan fingerprint density at radius 2 is 1.32 bits per heavy atom. The Bertz CT molecular complexity index is 181. The van der Waals surface area contributed by atoms with Crippen LogP contribution in [0.5, 0.6) is 0 Å². The Morgan fingerprint density at radius 1 is 0.789 bits per heavy atom. The lowest BCUT2D eigenvalue weighted by Gasteiger charge is -2.26. The van der Waals surface area contributed by atoms with Gasteiger partial charge in [-0.15, -0.1) is 0 Å². The summed E-state index contributed by atoms with van der Waals surface area (Å²) in [5.74, 6) is 0. The summed E-state index contributed by atoms with van der Waals surface area (Å²) in [5, 5.41) is 3.66. The number of nitrogens with one attached hydrogen (secondary N) is 1. The van der Waals surface area contributed by atoms with Crippen molar-refractivity contribution in [2.75, 3.05) is 6.54 Å².